The number of nitrogens with one attached hydrogen (secondary N) is 1. The molecule has 2 nitrogen and oxygen atoms in total. The first-order valence-corrected chi connectivity index (χ1v) is 5.36. The molecule has 0 unspecified atom stereocenters. The van der Waals surface area contributed by atoms with E-state index in [1.54, 1.807) is 12.1 Å². The molecule has 4 heteroatoms. The largest absolute Gasteiger partial charge is 0.349 e. The Morgan fingerprint density at radius 3 is 2.57 bits per heavy atom. The van der Waals surface area contributed by atoms with Gasteiger partial charge in [0.15, 0.2) is 0 Å². The normalized spacial score (nSPS) is 12.2. The van der Waals surface area contributed by atoms with Gasteiger partial charge in [0.25, 0.3) is 0 Å². The van der Waals surface area contributed by atoms with Crippen LogP contribution in [0.2, 0.25) is 0 Å². The molecule has 0 saturated carbocycles. The number of carbonyl (C=O) groups excluding carboxylic acids is 1. The predicted octanol–water partition coefficient (Wildman–Crippen LogP) is 2.40. The fourth-order valence-corrected chi connectivity index (χ4v) is 1.28. The summed E-state index contributed by atoms with van der Waals surface area (Å²) in [6.07, 6.45) is 0. The quantitative estimate of drug-likeness (QED) is 0.831. The molecule has 1 amide bonds. The third-order valence-corrected chi connectivity index (χ3v) is 2.38. The van der Waals surface area contributed by atoms with Crippen LogP contribution in [0.1, 0.15) is 18.5 Å². The van der Waals surface area contributed by atoms with Crippen LogP contribution in [0.3, 0.4) is 0 Å². The summed E-state index contributed by atoms with van der Waals surface area (Å²) in [6.45, 7) is 1.85. The van der Waals surface area contributed by atoms with E-state index in [4.69, 9.17) is 0 Å². The Morgan fingerprint density at radius 2 is 2.07 bits per heavy atom. The Kier molecular flexibility index (Phi) is 4.07. The van der Waals surface area contributed by atoms with Crippen LogP contribution < -0.4 is 5.32 Å². The van der Waals surface area contributed by atoms with Gasteiger partial charge in [0.1, 0.15) is 5.82 Å². The fraction of sp³-hybridized carbons (Fsp3) is 0.300. The van der Waals surface area contributed by atoms with Crippen molar-refractivity contribution in [1.29, 1.82) is 0 Å². The van der Waals surface area contributed by atoms with E-state index in [9.17, 15) is 9.18 Å². The van der Waals surface area contributed by atoms with Crippen LogP contribution in [-0.4, -0.2) is 11.2 Å². The molecule has 1 aromatic carbocycles. The SMILES string of the molecule is C[C@H](NC(=O)CBr)c1ccc(F)cc1. The van der Waals surface area contributed by atoms with E-state index in [0.29, 0.717) is 0 Å². The smallest absolute Gasteiger partial charge is 0.231 e. The lowest BCUT2D eigenvalue weighted by molar-refractivity contribution is -0.119. The summed E-state index contributed by atoms with van der Waals surface area (Å²) in [5.74, 6) is -0.352. The van der Waals surface area contributed by atoms with Crippen molar-refractivity contribution in [2.75, 3.05) is 5.33 Å². The molecule has 1 N–H and O–H groups in total. The fourth-order valence-electron chi connectivity index (χ4n) is 1.11. The molecule has 1 rings (SSSR count). The molecule has 1 aromatic rings. The van der Waals surface area contributed by atoms with Crippen LogP contribution in [0.4, 0.5) is 4.39 Å². The molecule has 0 saturated heterocycles. The zero-order chi connectivity index (χ0) is 10.6. The number of benzene rings is 1. The Bertz CT molecular complexity index is 312. The number of carbonyl (C=O) groups is 1. The van der Waals surface area contributed by atoms with Gasteiger partial charge in [-0.3, -0.25) is 4.79 Å². The van der Waals surface area contributed by atoms with E-state index in [0.717, 1.165) is 5.56 Å². The van der Waals surface area contributed by atoms with Gasteiger partial charge in [0.05, 0.1) is 11.4 Å². The summed E-state index contributed by atoms with van der Waals surface area (Å²) in [6, 6.07) is 5.99. The van der Waals surface area contributed by atoms with Crippen LogP contribution in [0.5, 0.6) is 0 Å². The van der Waals surface area contributed by atoms with Gasteiger partial charge in [-0.2, -0.15) is 0 Å². The van der Waals surface area contributed by atoms with Crippen LogP contribution in [0, 0.1) is 5.82 Å². The average molecular weight is 260 g/mol. The Morgan fingerprint density at radius 1 is 1.50 bits per heavy atom. The molecule has 0 fully saturated rings. The van der Waals surface area contributed by atoms with Crippen molar-refractivity contribution in [2.45, 2.75) is 13.0 Å². The van der Waals surface area contributed by atoms with Gasteiger partial charge in [0.2, 0.25) is 5.91 Å². The summed E-state index contributed by atoms with van der Waals surface area (Å²) < 4.78 is 12.6. The maximum absolute atomic E-state index is 12.6. The summed E-state index contributed by atoms with van der Waals surface area (Å²) in [4.78, 5) is 11.0. The number of amides is 1. The highest BCUT2D eigenvalue weighted by atomic mass is 79.9. The molecular formula is C10H11BrFNO. The molecule has 76 valence electrons. The summed E-state index contributed by atoms with van der Waals surface area (Å²) in [5.41, 5.74) is 0.890. The number of halogens is 2. The van der Waals surface area contributed by atoms with Crippen molar-refractivity contribution in [3.63, 3.8) is 0 Å². The monoisotopic (exact) mass is 259 g/mol. The Hall–Kier alpha value is -0.900. The minimum absolute atomic E-state index is 0.0816. The van der Waals surface area contributed by atoms with Gasteiger partial charge >= 0.3 is 0 Å². The van der Waals surface area contributed by atoms with Crippen molar-refractivity contribution >= 4 is 21.8 Å². The molecule has 0 radical (unpaired) electrons. The highest BCUT2D eigenvalue weighted by Gasteiger charge is 2.07. The van der Waals surface area contributed by atoms with Gasteiger partial charge in [0, 0.05) is 0 Å². The van der Waals surface area contributed by atoms with E-state index in [1.807, 2.05) is 6.92 Å². The predicted molar refractivity (Wildman–Crippen MR) is 56.8 cm³/mol. The maximum atomic E-state index is 12.6. The number of rotatable bonds is 3. The zero-order valence-corrected chi connectivity index (χ0v) is 9.34. The molecule has 0 aliphatic rings. The summed E-state index contributed by atoms with van der Waals surface area (Å²) in [7, 11) is 0. The first-order valence-electron chi connectivity index (χ1n) is 4.24. The van der Waals surface area contributed by atoms with E-state index >= 15 is 0 Å². The minimum Gasteiger partial charge on any atom is -0.349 e. The summed E-state index contributed by atoms with van der Waals surface area (Å²) in [5, 5.41) is 3.03. The molecule has 1 atom stereocenters. The van der Waals surface area contributed by atoms with Crippen LogP contribution in [0.25, 0.3) is 0 Å². The van der Waals surface area contributed by atoms with Crippen LogP contribution in [0.15, 0.2) is 24.3 Å². The Balaban J connectivity index is 2.65. The van der Waals surface area contributed by atoms with Crippen molar-refractivity contribution in [3.05, 3.63) is 35.6 Å². The molecule has 0 aliphatic carbocycles. The lowest BCUT2D eigenvalue weighted by Gasteiger charge is -2.12. The topological polar surface area (TPSA) is 29.1 Å². The molecule has 0 spiro atoms. The molecule has 0 aliphatic heterocycles. The second kappa shape index (κ2) is 5.10. The number of alkyl halides is 1. The second-order valence-corrected chi connectivity index (χ2v) is 3.54. The summed E-state index contributed by atoms with van der Waals surface area (Å²) >= 11 is 3.06. The van der Waals surface area contributed by atoms with Gasteiger partial charge < -0.3 is 5.32 Å². The van der Waals surface area contributed by atoms with Crippen molar-refractivity contribution < 1.29 is 9.18 Å². The van der Waals surface area contributed by atoms with Crippen LogP contribution >= 0.6 is 15.9 Å². The van der Waals surface area contributed by atoms with Crippen molar-refractivity contribution in [3.8, 4) is 0 Å². The first-order chi connectivity index (χ1) is 6.63. The van der Waals surface area contributed by atoms with Crippen molar-refractivity contribution in [2.24, 2.45) is 0 Å². The second-order valence-electron chi connectivity index (χ2n) is 2.97. The van der Waals surface area contributed by atoms with Gasteiger partial charge in [-0.1, -0.05) is 28.1 Å². The molecule has 0 aromatic heterocycles. The molecule has 0 heterocycles. The Labute approximate surface area is 90.6 Å². The molecule has 0 bridgehead atoms. The highest BCUT2D eigenvalue weighted by Crippen LogP contribution is 2.12. The number of hydrogen-bond acceptors (Lipinski definition) is 1. The van der Waals surface area contributed by atoms with Crippen molar-refractivity contribution in [1.82, 2.24) is 5.32 Å². The minimum atomic E-state index is -0.271. The van der Waals surface area contributed by atoms with Gasteiger partial charge in [-0.15, -0.1) is 0 Å². The van der Waals surface area contributed by atoms with Crippen LogP contribution in [-0.2, 0) is 4.79 Å². The first kappa shape index (κ1) is 11.2. The lowest BCUT2D eigenvalue weighted by atomic mass is 10.1. The van der Waals surface area contributed by atoms with Gasteiger partial charge in [-0.05, 0) is 24.6 Å². The van der Waals surface area contributed by atoms with Gasteiger partial charge in [-0.25, -0.2) is 4.39 Å². The standard InChI is InChI=1S/C10H11BrFNO/c1-7(13-10(14)6-11)8-2-4-9(12)5-3-8/h2-5,7H,6H2,1H3,(H,13,14)/t7-/m0/s1. The maximum Gasteiger partial charge on any atom is 0.231 e. The van der Waals surface area contributed by atoms with E-state index in [1.165, 1.54) is 12.1 Å². The lowest BCUT2D eigenvalue weighted by Crippen LogP contribution is -2.27. The molecule has 14 heavy (non-hydrogen) atoms. The zero-order valence-electron chi connectivity index (χ0n) is 7.76. The number of hydrogen-bond donors (Lipinski definition) is 1. The molecular weight excluding hydrogens is 249 g/mol. The highest BCUT2D eigenvalue weighted by molar-refractivity contribution is 9.09. The third kappa shape index (κ3) is 3.10. The van der Waals surface area contributed by atoms with E-state index < -0.39 is 0 Å². The third-order valence-electron chi connectivity index (χ3n) is 1.87. The van der Waals surface area contributed by atoms with E-state index in [-0.39, 0.29) is 23.1 Å². The van der Waals surface area contributed by atoms with E-state index in [2.05, 4.69) is 21.2 Å². The average Bonchev–Trinajstić information content (AvgIpc) is 2.18.